The number of hydrogen-bond acceptors (Lipinski definition) is 7. The van der Waals surface area contributed by atoms with Gasteiger partial charge in [0.1, 0.15) is 10.6 Å². The molecule has 0 amide bonds. The molecule has 1 N–H and O–H groups in total. The number of rotatable bonds is 5. The molecular weight excluding hydrogens is 382 g/mol. The number of hydrogen-bond donors (Lipinski definition) is 1. The van der Waals surface area contributed by atoms with Crippen LogP contribution in [0.15, 0.2) is 48.0 Å². The van der Waals surface area contributed by atoms with Gasteiger partial charge in [-0.1, -0.05) is 0 Å². The van der Waals surface area contributed by atoms with Crippen molar-refractivity contribution >= 4 is 26.6 Å². The van der Waals surface area contributed by atoms with Crippen LogP contribution in [0.1, 0.15) is 5.56 Å². The van der Waals surface area contributed by atoms with Gasteiger partial charge < -0.3 is 4.74 Å². The predicted octanol–water partition coefficient (Wildman–Crippen LogP) is 1.67. The summed E-state index contributed by atoms with van der Waals surface area (Å²) in [5.74, 6) is 0.663. The first-order valence-electron chi connectivity index (χ1n) is 8.24. The van der Waals surface area contributed by atoms with Gasteiger partial charge in [0.25, 0.3) is 10.0 Å². The molecule has 0 aliphatic rings. The number of fused-ring (bicyclic) bond motifs is 1. The highest BCUT2D eigenvalue weighted by Gasteiger charge is 2.22. The van der Waals surface area contributed by atoms with E-state index in [1.807, 2.05) is 6.92 Å². The number of nitrogens with one attached hydrogen (secondary N) is 1. The number of nitrogens with zero attached hydrogens (tertiary/aromatic N) is 6. The number of ether oxygens (including phenoxy) is 1. The maximum atomic E-state index is 12.9. The standard InChI is InChI=1S/C17H17N7O3S/c1-11-6-21-24(10-11)14-5-4-13(9-18-14)28(25,26)22-15-16-12(8-20-23(16)2)7-19-17(15)27-3/h4-10,22H,1-3H3. The van der Waals surface area contributed by atoms with Crippen LogP contribution in [-0.4, -0.2) is 45.1 Å². The van der Waals surface area contributed by atoms with Gasteiger partial charge in [-0.2, -0.15) is 10.2 Å². The summed E-state index contributed by atoms with van der Waals surface area (Å²) in [5.41, 5.74) is 1.75. The van der Waals surface area contributed by atoms with Crippen molar-refractivity contribution in [1.82, 2.24) is 29.5 Å². The summed E-state index contributed by atoms with van der Waals surface area (Å²) >= 11 is 0. The van der Waals surface area contributed by atoms with E-state index in [0.29, 0.717) is 16.7 Å². The number of sulfonamides is 1. The molecule has 0 aliphatic heterocycles. The van der Waals surface area contributed by atoms with Gasteiger partial charge in [-0.25, -0.2) is 23.1 Å². The Morgan fingerprint density at radius 1 is 1.07 bits per heavy atom. The van der Waals surface area contributed by atoms with Crippen LogP contribution < -0.4 is 9.46 Å². The summed E-state index contributed by atoms with van der Waals surface area (Å²) in [6.45, 7) is 1.91. The lowest BCUT2D eigenvalue weighted by molar-refractivity contribution is 0.400. The van der Waals surface area contributed by atoms with E-state index in [9.17, 15) is 8.42 Å². The third kappa shape index (κ3) is 3.05. The van der Waals surface area contributed by atoms with Crippen molar-refractivity contribution in [3.05, 3.63) is 48.7 Å². The van der Waals surface area contributed by atoms with Crippen LogP contribution in [0.4, 0.5) is 5.69 Å². The van der Waals surface area contributed by atoms with Crippen molar-refractivity contribution in [2.45, 2.75) is 11.8 Å². The molecule has 0 radical (unpaired) electrons. The molecule has 10 nitrogen and oxygen atoms in total. The number of anilines is 1. The summed E-state index contributed by atoms with van der Waals surface area (Å²) in [4.78, 5) is 8.34. The molecule has 11 heteroatoms. The zero-order valence-electron chi connectivity index (χ0n) is 15.4. The van der Waals surface area contributed by atoms with Gasteiger partial charge in [0.15, 0.2) is 5.82 Å². The molecule has 0 aliphatic carbocycles. The molecule has 0 bridgehead atoms. The van der Waals surface area contributed by atoms with Crippen molar-refractivity contribution in [3.63, 3.8) is 0 Å². The summed E-state index contributed by atoms with van der Waals surface area (Å²) in [7, 11) is -0.797. The first-order chi connectivity index (χ1) is 13.4. The van der Waals surface area contributed by atoms with Crippen molar-refractivity contribution < 1.29 is 13.2 Å². The van der Waals surface area contributed by atoms with Gasteiger partial charge in [-0.3, -0.25) is 9.40 Å². The Morgan fingerprint density at radius 2 is 1.89 bits per heavy atom. The van der Waals surface area contributed by atoms with Crippen molar-refractivity contribution in [2.75, 3.05) is 11.8 Å². The number of pyridine rings is 2. The highest BCUT2D eigenvalue weighted by atomic mass is 32.2. The Labute approximate surface area is 160 Å². The molecule has 4 aromatic rings. The molecule has 0 saturated heterocycles. The molecule has 0 atom stereocenters. The fourth-order valence-electron chi connectivity index (χ4n) is 2.79. The number of methoxy groups -OCH3 is 1. The topological polar surface area (TPSA) is 117 Å². The molecule has 0 saturated carbocycles. The quantitative estimate of drug-likeness (QED) is 0.542. The van der Waals surface area contributed by atoms with Crippen LogP contribution >= 0.6 is 0 Å². The van der Waals surface area contributed by atoms with Crippen LogP contribution in [-0.2, 0) is 17.1 Å². The molecule has 28 heavy (non-hydrogen) atoms. The normalized spacial score (nSPS) is 11.7. The van der Waals surface area contributed by atoms with Gasteiger partial charge in [0.2, 0.25) is 5.88 Å². The Hall–Kier alpha value is -3.47. The van der Waals surface area contributed by atoms with E-state index in [1.54, 1.807) is 47.3 Å². The van der Waals surface area contributed by atoms with Crippen molar-refractivity contribution in [3.8, 4) is 11.7 Å². The van der Waals surface area contributed by atoms with E-state index < -0.39 is 10.0 Å². The molecule has 0 unspecified atom stereocenters. The minimum atomic E-state index is -3.93. The van der Waals surface area contributed by atoms with Crippen LogP contribution in [0.2, 0.25) is 0 Å². The molecule has 0 aromatic carbocycles. The largest absolute Gasteiger partial charge is 0.479 e. The van der Waals surface area contributed by atoms with Crippen molar-refractivity contribution in [2.24, 2.45) is 7.05 Å². The lowest BCUT2D eigenvalue weighted by atomic mass is 10.3. The summed E-state index contributed by atoms with van der Waals surface area (Å²) < 4.78 is 36.7. The zero-order chi connectivity index (χ0) is 19.9. The third-order valence-corrected chi connectivity index (χ3v) is 5.48. The second kappa shape index (κ2) is 6.60. The summed E-state index contributed by atoms with van der Waals surface area (Å²) in [6, 6.07) is 3.05. The fraction of sp³-hybridized carbons (Fsp3) is 0.176. The molecule has 0 spiro atoms. The van der Waals surface area contributed by atoms with E-state index in [-0.39, 0.29) is 16.5 Å². The minimum Gasteiger partial charge on any atom is -0.479 e. The number of aryl methyl sites for hydroxylation is 2. The van der Waals surface area contributed by atoms with Crippen molar-refractivity contribution in [1.29, 1.82) is 0 Å². The average molecular weight is 399 g/mol. The van der Waals surface area contributed by atoms with Gasteiger partial charge in [0.05, 0.1) is 25.0 Å². The summed E-state index contributed by atoms with van der Waals surface area (Å²) in [6.07, 6.45) is 7.94. The highest BCUT2D eigenvalue weighted by molar-refractivity contribution is 7.92. The smallest absolute Gasteiger partial charge is 0.263 e. The van der Waals surface area contributed by atoms with E-state index in [2.05, 4.69) is 24.9 Å². The maximum Gasteiger partial charge on any atom is 0.263 e. The lowest BCUT2D eigenvalue weighted by Gasteiger charge is -2.13. The molecule has 4 aromatic heterocycles. The zero-order valence-corrected chi connectivity index (χ0v) is 16.2. The second-order valence-corrected chi connectivity index (χ2v) is 7.82. The lowest BCUT2D eigenvalue weighted by Crippen LogP contribution is -2.15. The summed E-state index contributed by atoms with van der Waals surface area (Å²) in [5, 5.41) is 8.99. The number of aromatic nitrogens is 6. The molecule has 0 fully saturated rings. The SMILES string of the molecule is COc1ncc2cnn(C)c2c1NS(=O)(=O)c1ccc(-n2cc(C)cn2)nc1. The minimum absolute atomic E-state index is 0.00125. The monoisotopic (exact) mass is 399 g/mol. The highest BCUT2D eigenvalue weighted by Crippen LogP contribution is 2.32. The van der Waals surface area contributed by atoms with Crippen LogP contribution in [0.3, 0.4) is 0 Å². The Kier molecular flexibility index (Phi) is 4.23. The first-order valence-corrected chi connectivity index (χ1v) is 9.72. The van der Waals surface area contributed by atoms with E-state index >= 15 is 0 Å². The Morgan fingerprint density at radius 3 is 2.54 bits per heavy atom. The van der Waals surface area contributed by atoms with Crippen LogP contribution in [0.25, 0.3) is 16.7 Å². The van der Waals surface area contributed by atoms with E-state index in [4.69, 9.17) is 4.74 Å². The van der Waals surface area contributed by atoms with Gasteiger partial charge >= 0.3 is 0 Å². The second-order valence-electron chi connectivity index (χ2n) is 6.13. The predicted molar refractivity (Wildman–Crippen MR) is 102 cm³/mol. The molecule has 4 rings (SSSR count). The Bertz CT molecular complexity index is 1260. The molecular formula is C17H17N7O3S. The van der Waals surface area contributed by atoms with Crippen LogP contribution in [0.5, 0.6) is 5.88 Å². The molecule has 144 valence electrons. The molecule has 4 heterocycles. The van der Waals surface area contributed by atoms with Gasteiger partial charge in [-0.05, 0) is 24.6 Å². The van der Waals surface area contributed by atoms with E-state index in [1.165, 1.54) is 19.4 Å². The van der Waals surface area contributed by atoms with Gasteiger partial charge in [-0.15, -0.1) is 0 Å². The fourth-order valence-corrected chi connectivity index (χ4v) is 3.80. The average Bonchev–Trinajstić information content (AvgIpc) is 3.28. The van der Waals surface area contributed by atoms with E-state index in [0.717, 1.165) is 5.56 Å². The maximum absolute atomic E-state index is 12.9. The third-order valence-electron chi connectivity index (χ3n) is 4.15. The van der Waals surface area contributed by atoms with Gasteiger partial charge in [0, 0.05) is 31.0 Å². The first kappa shape index (κ1) is 17.9. The Balaban J connectivity index is 1.72. The van der Waals surface area contributed by atoms with Crippen LogP contribution in [0, 0.1) is 6.92 Å².